The molecule has 6 atom stereocenters. The first-order valence-electron chi connectivity index (χ1n) is 4.51. The number of carbonyl (C=O) groups is 1. The van der Waals surface area contributed by atoms with E-state index in [1.54, 1.807) is 0 Å². The monoisotopic (exact) mass is 240 g/mol. The SMILES string of the molecule is O=C[C@H](O)[C@@H](O)[C@H](O)[C@@H](O)[C@@H](O)[C@@H](O)CO. The van der Waals surface area contributed by atoms with Crippen LogP contribution in [0, 0.1) is 0 Å². The molecule has 0 saturated carbocycles. The predicted octanol–water partition coefficient (Wildman–Crippen LogP) is -4.66. The van der Waals surface area contributed by atoms with Crippen molar-refractivity contribution in [3.8, 4) is 0 Å². The van der Waals surface area contributed by atoms with Crippen molar-refractivity contribution in [2.24, 2.45) is 0 Å². The molecule has 0 heterocycles. The van der Waals surface area contributed by atoms with Gasteiger partial charge in [0.1, 0.15) is 36.6 Å². The average molecular weight is 240 g/mol. The van der Waals surface area contributed by atoms with Crippen molar-refractivity contribution < 1.29 is 40.5 Å². The molecule has 0 aliphatic heterocycles. The van der Waals surface area contributed by atoms with Crippen LogP contribution < -0.4 is 0 Å². The molecule has 0 rings (SSSR count). The van der Waals surface area contributed by atoms with Crippen molar-refractivity contribution in [3.05, 3.63) is 0 Å². The van der Waals surface area contributed by atoms with Gasteiger partial charge in [0.25, 0.3) is 0 Å². The fourth-order valence-electron chi connectivity index (χ4n) is 1.02. The fourth-order valence-corrected chi connectivity index (χ4v) is 1.02. The maximum atomic E-state index is 10.1. The minimum Gasteiger partial charge on any atom is -0.394 e. The summed E-state index contributed by atoms with van der Waals surface area (Å²) >= 11 is 0. The molecule has 0 amide bonds. The first-order chi connectivity index (χ1) is 7.36. The number of aldehydes is 1. The Kier molecular flexibility index (Phi) is 6.60. The van der Waals surface area contributed by atoms with Crippen LogP contribution in [0.1, 0.15) is 0 Å². The first-order valence-corrected chi connectivity index (χ1v) is 4.51. The van der Waals surface area contributed by atoms with Crippen molar-refractivity contribution in [1.29, 1.82) is 0 Å². The van der Waals surface area contributed by atoms with Gasteiger partial charge < -0.3 is 40.5 Å². The van der Waals surface area contributed by atoms with E-state index in [0.717, 1.165) is 0 Å². The van der Waals surface area contributed by atoms with E-state index in [9.17, 15) is 15.0 Å². The minimum atomic E-state index is -2.05. The van der Waals surface area contributed by atoms with Crippen molar-refractivity contribution >= 4 is 6.29 Å². The Morgan fingerprint density at radius 1 is 0.812 bits per heavy atom. The Labute approximate surface area is 91.0 Å². The summed E-state index contributed by atoms with van der Waals surface area (Å²) in [5, 5.41) is 63.0. The van der Waals surface area contributed by atoms with E-state index in [0.29, 0.717) is 0 Å². The van der Waals surface area contributed by atoms with Gasteiger partial charge in [-0.25, -0.2) is 0 Å². The largest absolute Gasteiger partial charge is 0.394 e. The fraction of sp³-hybridized carbons (Fsp3) is 0.875. The van der Waals surface area contributed by atoms with E-state index >= 15 is 0 Å². The van der Waals surface area contributed by atoms with Crippen LogP contribution in [0.25, 0.3) is 0 Å². The highest BCUT2D eigenvalue weighted by Crippen LogP contribution is 2.10. The third-order valence-electron chi connectivity index (χ3n) is 2.12. The normalized spacial score (nSPS) is 22.9. The molecule has 0 aromatic carbocycles. The van der Waals surface area contributed by atoms with Crippen LogP contribution in [0.2, 0.25) is 0 Å². The molecule has 8 nitrogen and oxygen atoms in total. The van der Waals surface area contributed by atoms with Gasteiger partial charge in [-0.1, -0.05) is 0 Å². The molecular formula is C8H16O8. The number of aliphatic hydroxyl groups excluding tert-OH is 7. The topological polar surface area (TPSA) is 159 Å². The van der Waals surface area contributed by atoms with E-state index in [1.165, 1.54) is 0 Å². The van der Waals surface area contributed by atoms with Crippen LogP contribution in [0.5, 0.6) is 0 Å². The first kappa shape index (κ1) is 15.4. The second kappa shape index (κ2) is 6.86. The smallest absolute Gasteiger partial charge is 0.151 e. The Morgan fingerprint density at radius 2 is 1.25 bits per heavy atom. The molecule has 0 saturated heterocycles. The van der Waals surface area contributed by atoms with Gasteiger partial charge >= 0.3 is 0 Å². The lowest BCUT2D eigenvalue weighted by molar-refractivity contribution is -0.159. The van der Waals surface area contributed by atoms with Gasteiger partial charge in [-0.05, 0) is 0 Å². The van der Waals surface area contributed by atoms with Crippen molar-refractivity contribution in [1.82, 2.24) is 0 Å². The van der Waals surface area contributed by atoms with E-state index in [4.69, 9.17) is 25.5 Å². The molecular weight excluding hydrogens is 224 g/mol. The van der Waals surface area contributed by atoms with Gasteiger partial charge in [0, 0.05) is 0 Å². The molecule has 0 aliphatic carbocycles. The molecule has 16 heavy (non-hydrogen) atoms. The molecule has 0 aliphatic rings. The van der Waals surface area contributed by atoms with Gasteiger partial charge in [-0.2, -0.15) is 0 Å². The third kappa shape index (κ3) is 3.76. The van der Waals surface area contributed by atoms with Crippen LogP contribution in [-0.2, 0) is 4.79 Å². The molecule has 0 unspecified atom stereocenters. The van der Waals surface area contributed by atoms with Gasteiger partial charge in [-0.3, -0.25) is 0 Å². The van der Waals surface area contributed by atoms with Crippen LogP contribution >= 0.6 is 0 Å². The maximum Gasteiger partial charge on any atom is 0.151 e. The zero-order valence-electron chi connectivity index (χ0n) is 8.29. The third-order valence-corrected chi connectivity index (χ3v) is 2.12. The van der Waals surface area contributed by atoms with Gasteiger partial charge in [0.15, 0.2) is 6.29 Å². The lowest BCUT2D eigenvalue weighted by Gasteiger charge is -2.29. The highest BCUT2D eigenvalue weighted by Gasteiger charge is 2.36. The lowest BCUT2D eigenvalue weighted by Crippen LogP contribution is -2.53. The number of rotatable bonds is 7. The Hall–Kier alpha value is -0.610. The molecule has 0 radical (unpaired) electrons. The van der Waals surface area contributed by atoms with Gasteiger partial charge in [0.2, 0.25) is 0 Å². The average Bonchev–Trinajstić information content (AvgIpc) is 2.32. The molecule has 0 aromatic rings. The highest BCUT2D eigenvalue weighted by molar-refractivity contribution is 5.56. The Bertz CT molecular complexity index is 210. The van der Waals surface area contributed by atoms with E-state index < -0.39 is 43.2 Å². The zero-order chi connectivity index (χ0) is 12.9. The standard InChI is InChI=1S/C8H16O8/c9-1-3(11)5(13)7(15)8(16)6(14)4(12)2-10/h1,3-8,10-16H,2H2/t3-,4-,5+,6-,7-,8-/m0/s1. The second-order valence-corrected chi connectivity index (χ2v) is 3.34. The quantitative estimate of drug-likeness (QED) is 0.219. The van der Waals surface area contributed by atoms with E-state index in [2.05, 4.69) is 0 Å². The molecule has 0 aromatic heterocycles. The molecule has 7 N–H and O–H groups in total. The van der Waals surface area contributed by atoms with Crippen molar-refractivity contribution in [2.75, 3.05) is 6.61 Å². The predicted molar refractivity (Wildman–Crippen MR) is 49.2 cm³/mol. The van der Waals surface area contributed by atoms with Crippen LogP contribution in [0.15, 0.2) is 0 Å². The zero-order valence-corrected chi connectivity index (χ0v) is 8.29. The summed E-state index contributed by atoms with van der Waals surface area (Å²) in [6.07, 6.45) is -11.7. The van der Waals surface area contributed by atoms with Crippen molar-refractivity contribution in [2.45, 2.75) is 36.6 Å². The van der Waals surface area contributed by atoms with Crippen LogP contribution in [-0.4, -0.2) is 85.3 Å². The summed E-state index contributed by atoms with van der Waals surface area (Å²) < 4.78 is 0. The molecule has 0 bridgehead atoms. The summed E-state index contributed by atoms with van der Waals surface area (Å²) in [5.74, 6) is 0. The van der Waals surface area contributed by atoms with Crippen LogP contribution in [0.3, 0.4) is 0 Å². The highest BCUT2D eigenvalue weighted by atomic mass is 16.4. The van der Waals surface area contributed by atoms with Gasteiger partial charge in [0.05, 0.1) is 6.61 Å². The summed E-state index contributed by atoms with van der Waals surface area (Å²) in [6, 6.07) is 0. The Balaban J connectivity index is 4.47. The summed E-state index contributed by atoms with van der Waals surface area (Å²) in [7, 11) is 0. The van der Waals surface area contributed by atoms with E-state index in [-0.39, 0.29) is 6.29 Å². The van der Waals surface area contributed by atoms with Crippen LogP contribution in [0.4, 0.5) is 0 Å². The van der Waals surface area contributed by atoms with Gasteiger partial charge in [-0.15, -0.1) is 0 Å². The molecule has 96 valence electrons. The molecule has 0 fully saturated rings. The summed E-state index contributed by atoms with van der Waals surface area (Å²) in [4.78, 5) is 10.1. The number of hydrogen-bond donors (Lipinski definition) is 7. The number of aliphatic hydroxyl groups is 7. The maximum absolute atomic E-state index is 10.1. The number of carbonyl (C=O) groups excluding carboxylic acids is 1. The summed E-state index contributed by atoms with van der Waals surface area (Å²) in [5.41, 5.74) is 0. The minimum absolute atomic E-state index is 0.0601. The van der Waals surface area contributed by atoms with Crippen molar-refractivity contribution in [3.63, 3.8) is 0 Å². The Morgan fingerprint density at radius 3 is 1.62 bits per heavy atom. The molecule has 8 heteroatoms. The molecule has 0 spiro atoms. The lowest BCUT2D eigenvalue weighted by atomic mass is 9.97. The summed E-state index contributed by atoms with van der Waals surface area (Å²) in [6.45, 7) is -0.864. The van der Waals surface area contributed by atoms with E-state index in [1.807, 2.05) is 0 Å². The second-order valence-electron chi connectivity index (χ2n) is 3.34. The number of hydrogen-bond acceptors (Lipinski definition) is 8.